The fourth-order valence-corrected chi connectivity index (χ4v) is 1.84. The van der Waals surface area contributed by atoms with Crippen molar-refractivity contribution in [3.05, 3.63) is 54.0 Å². The topological polar surface area (TPSA) is 71.3 Å². The first kappa shape index (κ1) is 14.8. The molecule has 21 heavy (non-hydrogen) atoms. The Morgan fingerprint density at radius 1 is 1.10 bits per heavy atom. The van der Waals surface area contributed by atoms with Crippen LogP contribution in [0.25, 0.3) is 0 Å². The molecule has 0 aliphatic carbocycles. The molecule has 2 N–H and O–H groups in total. The molecule has 5 heteroatoms. The van der Waals surface area contributed by atoms with Crippen LogP contribution in [-0.2, 0) is 22.6 Å². The zero-order chi connectivity index (χ0) is 15.1. The van der Waals surface area contributed by atoms with Crippen LogP contribution in [-0.4, -0.2) is 11.8 Å². The molecule has 0 radical (unpaired) electrons. The summed E-state index contributed by atoms with van der Waals surface area (Å²) in [7, 11) is 0. The molecule has 0 saturated heterocycles. The number of carbonyl (C=O) groups is 2. The fraction of sp³-hybridized carbons (Fsp3) is 0.250. The van der Waals surface area contributed by atoms with E-state index in [9.17, 15) is 9.59 Å². The van der Waals surface area contributed by atoms with Crippen LogP contribution in [0.3, 0.4) is 0 Å². The van der Waals surface area contributed by atoms with Crippen LogP contribution in [0.15, 0.2) is 47.1 Å². The summed E-state index contributed by atoms with van der Waals surface area (Å²) in [6.45, 7) is 2.35. The third-order valence-corrected chi connectivity index (χ3v) is 3.01. The van der Waals surface area contributed by atoms with E-state index in [1.54, 1.807) is 12.1 Å². The third kappa shape index (κ3) is 4.80. The van der Waals surface area contributed by atoms with E-state index in [1.807, 2.05) is 24.3 Å². The second kappa shape index (κ2) is 7.28. The van der Waals surface area contributed by atoms with E-state index in [0.29, 0.717) is 11.4 Å². The SMILES string of the molecule is CCc1ccc(NC(=O)CC(=O)NCc2ccco2)cc1. The second-order valence-electron chi connectivity index (χ2n) is 4.63. The van der Waals surface area contributed by atoms with Gasteiger partial charge in [0.05, 0.1) is 12.8 Å². The molecule has 0 atom stereocenters. The number of amides is 2. The molecule has 0 bridgehead atoms. The summed E-state index contributed by atoms with van der Waals surface area (Å²) in [5, 5.41) is 5.32. The molecule has 2 rings (SSSR count). The lowest BCUT2D eigenvalue weighted by molar-refractivity contribution is -0.127. The van der Waals surface area contributed by atoms with Crippen LogP contribution in [0.5, 0.6) is 0 Å². The van der Waals surface area contributed by atoms with Crippen LogP contribution in [0, 0.1) is 0 Å². The highest BCUT2D eigenvalue weighted by Crippen LogP contribution is 2.10. The van der Waals surface area contributed by atoms with Crippen LogP contribution in [0.4, 0.5) is 5.69 Å². The van der Waals surface area contributed by atoms with Crippen molar-refractivity contribution < 1.29 is 14.0 Å². The lowest BCUT2D eigenvalue weighted by atomic mass is 10.1. The van der Waals surface area contributed by atoms with Crippen LogP contribution >= 0.6 is 0 Å². The molecule has 0 unspecified atom stereocenters. The van der Waals surface area contributed by atoms with Crippen molar-refractivity contribution in [1.82, 2.24) is 5.32 Å². The Balaban J connectivity index is 1.76. The maximum absolute atomic E-state index is 11.7. The average molecular weight is 286 g/mol. The molecular weight excluding hydrogens is 268 g/mol. The number of hydrogen-bond acceptors (Lipinski definition) is 3. The predicted molar refractivity (Wildman–Crippen MR) is 79.6 cm³/mol. The normalized spacial score (nSPS) is 10.1. The number of nitrogens with one attached hydrogen (secondary N) is 2. The standard InChI is InChI=1S/C16H18N2O3/c1-2-12-5-7-13(8-6-12)18-16(20)10-15(19)17-11-14-4-3-9-21-14/h3-9H,2,10-11H2,1H3,(H,17,19)(H,18,20). The highest BCUT2D eigenvalue weighted by atomic mass is 16.3. The summed E-state index contributed by atoms with van der Waals surface area (Å²) >= 11 is 0. The van der Waals surface area contributed by atoms with Gasteiger partial charge in [0, 0.05) is 5.69 Å². The van der Waals surface area contributed by atoms with Gasteiger partial charge in [0.25, 0.3) is 0 Å². The van der Waals surface area contributed by atoms with Gasteiger partial charge in [-0.2, -0.15) is 0 Å². The quantitative estimate of drug-likeness (QED) is 0.801. The van der Waals surface area contributed by atoms with Crippen LogP contribution in [0.2, 0.25) is 0 Å². The molecule has 0 aliphatic rings. The number of carbonyl (C=O) groups excluding carboxylic acids is 2. The van der Waals surface area contributed by atoms with Crippen LogP contribution in [0.1, 0.15) is 24.7 Å². The summed E-state index contributed by atoms with van der Waals surface area (Å²) in [6, 6.07) is 11.1. The molecular formula is C16H18N2O3. The van der Waals surface area contributed by atoms with Crippen molar-refractivity contribution >= 4 is 17.5 Å². The van der Waals surface area contributed by atoms with Gasteiger partial charge in [0.15, 0.2) is 0 Å². The lowest BCUT2D eigenvalue weighted by Gasteiger charge is -2.06. The second-order valence-corrected chi connectivity index (χ2v) is 4.63. The van der Waals surface area contributed by atoms with Gasteiger partial charge in [0.2, 0.25) is 11.8 Å². The highest BCUT2D eigenvalue weighted by Gasteiger charge is 2.10. The van der Waals surface area contributed by atoms with E-state index in [2.05, 4.69) is 17.6 Å². The Labute approximate surface area is 123 Å². The first-order valence-corrected chi connectivity index (χ1v) is 6.85. The minimum absolute atomic E-state index is 0.212. The van der Waals surface area contributed by atoms with Crippen molar-refractivity contribution in [2.24, 2.45) is 0 Å². The Morgan fingerprint density at radius 2 is 1.86 bits per heavy atom. The maximum atomic E-state index is 11.7. The van der Waals surface area contributed by atoms with E-state index in [0.717, 1.165) is 6.42 Å². The molecule has 0 fully saturated rings. The summed E-state index contributed by atoms with van der Waals surface area (Å²) < 4.78 is 5.09. The molecule has 1 aromatic heterocycles. The molecule has 0 aliphatic heterocycles. The largest absolute Gasteiger partial charge is 0.467 e. The average Bonchev–Trinajstić information content (AvgIpc) is 2.99. The number of aryl methyl sites for hydroxylation is 1. The van der Waals surface area contributed by atoms with Gasteiger partial charge >= 0.3 is 0 Å². The lowest BCUT2D eigenvalue weighted by Crippen LogP contribution is -2.27. The fourth-order valence-electron chi connectivity index (χ4n) is 1.84. The zero-order valence-corrected chi connectivity index (χ0v) is 11.9. The summed E-state index contributed by atoms with van der Waals surface area (Å²) in [4.78, 5) is 23.4. The first-order chi connectivity index (χ1) is 10.2. The summed E-state index contributed by atoms with van der Waals surface area (Å²) in [5.74, 6) is -0.0239. The molecule has 0 saturated carbocycles. The van der Waals surface area contributed by atoms with Crippen molar-refractivity contribution in [3.8, 4) is 0 Å². The smallest absolute Gasteiger partial charge is 0.233 e. The predicted octanol–water partition coefficient (Wildman–Crippen LogP) is 2.49. The van der Waals surface area contributed by atoms with E-state index in [4.69, 9.17) is 4.42 Å². The van der Waals surface area contributed by atoms with Crippen molar-refractivity contribution in [2.45, 2.75) is 26.3 Å². The van der Waals surface area contributed by atoms with Gasteiger partial charge in [0.1, 0.15) is 12.2 Å². The zero-order valence-electron chi connectivity index (χ0n) is 11.9. The summed E-state index contributed by atoms with van der Waals surface area (Å²) in [6.07, 6.45) is 2.27. The van der Waals surface area contributed by atoms with Gasteiger partial charge in [-0.1, -0.05) is 19.1 Å². The van der Waals surface area contributed by atoms with E-state index < -0.39 is 0 Å². The summed E-state index contributed by atoms with van der Waals surface area (Å²) in [5.41, 5.74) is 1.89. The van der Waals surface area contributed by atoms with Gasteiger partial charge in [-0.05, 0) is 36.2 Å². The molecule has 2 aromatic rings. The Kier molecular flexibility index (Phi) is 5.15. The number of anilines is 1. The number of benzene rings is 1. The van der Waals surface area contributed by atoms with Crippen LogP contribution < -0.4 is 10.6 Å². The molecule has 5 nitrogen and oxygen atoms in total. The van der Waals surface area contributed by atoms with Gasteiger partial charge in [-0.25, -0.2) is 0 Å². The number of hydrogen-bond donors (Lipinski definition) is 2. The maximum Gasteiger partial charge on any atom is 0.233 e. The minimum atomic E-state index is -0.339. The monoisotopic (exact) mass is 286 g/mol. The van der Waals surface area contributed by atoms with Crippen molar-refractivity contribution in [2.75, 3.05) is 5.32 Å². The third-order valence-electron chi connectivity index (χ3n) is 3.01. The van der Waals surface area contributed by atoms with Crippen molar-refractivity contribution in [3.63, 3.8) is 0 Å². The molecule has 110 valence electrons. The molecule has 1 aromatic carbocycles. The number of rotatable bonds is 6. The Morgan fingerprint density at radius 3 is 2.48 bits per heavy atom. The molecule has 1 heterocycles. The van der Waals surface area contributed by atoms with Gasteiger partial charge in [-0.15, -0.1) is 0 Å². The molecule has 0 spiro atoms. The highest BCUT2D eigenvalue weighted by molar-refractivity contribution is 6.03. The first-order valence-electron chi connectivity index (χ1n) is 6.85. The van der Waals surface area contributed by atoms with Gasteiger partial charge < -0.3 is 15.1 Å². The molecule has 2 amide bonds. The van der Waals surface area contributed by atoms with Crippen molar-refractivity contribution in [1.29, 1.82) is 0 Å². The Bertz CT molecular complexity index is 588. The Hall–Kier alpha value is -2.56. The van der Waals surface area contributed by atoms with E-state index >= 15 is 0 Å². The van der Waals surface area contributed by atoms with Gasteiger partial charge in [-0.3, -0.25) is 9.59 Å². The minimum Gasteiger partial charge on any atom is -0.467 e. The number of furan rings is 1. The van der Waals surface area contributed by atoms with E-state index in [-0.39, 0.29) is 24.8 Å². The van der Waals surface area contributed by atoms with E-state index in [1.165, 1.54) is 11.8 Å².